The molecule has 1 fully saturated rings. The highest BCUT2D eigenvalue weighted by molar-refractivity contribution is 5.92. The van der Waals surface area contributed by atoms with Crippen molar-refractivity contribution in [2.75, 3.05) is 19.8 Å². The third kappa shape index (κ3) is 6.73. The summed E-state index contributed by atoms with van der Waals surface area (Å²) in [7, 11) is 0. The van der Waals surface area contributed by atoms with Gasteiger partial charge in [-0.05, 0) is 50.3 Å². The minimum Gasteiger partial charge on any atom is -0.490 e. The van der Waals surface area contributed by atoms with Crippen molar-refractivity contribution in [1.29, 1.82) is 0 Å². The van der Waals surface area contributed by atoms with E-state index in [1.54, 1.807) is 18.2 Å². The van der Waals surface area contributed by atoms with E-state index in [-0.39, 0.29) is 18.6 Å². The quantitative estimate of drug-likeness (QED) is 0.480. The van der Waals surface area contributed by atoms with Gasteiger partial charge in [-0.2, -0.15) is 0 Å². The van der Waals surface area contributed by atoms with Crippen molar-refractivity contribution in [3.63, 3.8) is 0 Å². The number of carbonyl (C=O) groups is 2. The van der Waals surface area contributed by atoms with Crippen LogP contribution >= 0.6 is 0 Å². The summed E-state index contributed by atoms with van der Waals surface area (Å²) in [5.74, 6) is 0.774. The number of hydrogen-bond donors (Lipinski definition) is 1. The topological polar surface area (TPSA) is 73.9 Å². The maximum atomic E-state index is 12.3. The lowest BCUT2D eigenvalue weighted by atomic mass is 9.86. The van der Waals surface area contributed by atoms with Gasteiger partial charge in [-0.3, -0.25) is 4.79 Å². The van der Waals surface area contributed by atoms with E-state index in [0.717, 1.165) is 32.1 Å². The van der Waals surface area contributed by atoms with Crippen molar-refractivity contribution in [3.8, 4) is 11.5 Å². The van der Waals surface area contributed by atoms with Crippen molar-refractivity contribution in [1.82, 2.24) is 5.32 Å². The molecule has 0 bridgehead atoms. The van der Waals surface area contributed by atoms with Crippen LogP contribution in [0.2, 0.25) is 0 Å². The molecule has 156 valence electrons. The molecule has 6 heteroatoms. The molecule has 0 saturated heterocycles. The summed E-state index contributed by atoms with van der Waals surface area (Å²) in [6, 6.07) is 5.12. The van der Waals surface area contributed by atoms with Gasteiger partial charge in [0.1, 0.15) is 0 Å². The predicted molar refractivity (Wildman–Crippen MR) is 108 cm³/mol. The molecule has 6 nitrogen and oxygen atoms in total. The maximum Gasteiger partial charge on any atom is 0.338 e. The fourth-order valence-corrected chi connectivity index (χ4v) is 3.34. The Bertz CT molecular complexity index is 646. The van der Waals surface area contributed by atoms with Gasteiger partial charge in [0.25, 0.3) is 5.91 Å². The fourth-order valence-electron chi connectivity index (χ4n) is 3.34. The summed E-state index contributed by atoms with van der Waals surface area (Å²) in [6.45, 7) is 6.90. The maximum absolute atomic E-state index is 12.3. The van der Waals surface area contributed by atoms with Crippen molar-refractivity contribution in [2.24, 2.45) is 5.92 Å². The zero-order valence-electron chi connectivity index (χ0n) is 17.3. The number of benzene rings is 1. The van der Waals surface area contributed by atoms with Crippen LogP contribution in [0.4, 0.5) is 0 Å². The normalized spacial score (nSPS) is 19.0. The van der Waals surface area contributed by atoms with E-state index in [4.69, 9.17) is 14.2 Å². The number of hydrogen-bond acceptors (Lipinski definition) is 5. The highest BCUT2D eigenvalue weighted by Gasteiger charge is 2.23. The minimum atomic E-state index is -0.548. The highest BCUT2D eigenvalue weighted by Crippen LogP contribution is 2.29. The molecule has 1 aromatic rings. The monoisotopic (exact) mass is 391 g/mol. The average molecular weight is 392 g/mol. The zero-order chi connectivity index (χ0) is 20.4. The predicted octanol–water partition coefficient (Wildman–Crippen LogP) is 4.12. The standard InChI is InChI=1S/C22H33NO5/c1-4-6-13-27-19-12-11-17(14-20(19)26-5-2)22(25)28-15-21(24)23-18-10-8-7-9-16(18)3/h11-12,14,16,18H,4-10,13,15H2,1-3H3,(H,23,24)/t16-,18+/m1/s1. The molecule has 2 rings (SSSR count). The second kappa shape index (κ2) is 11.6. The van der Waals surface area contributed by atoms with Crippen molar-refractivity contribution < 1.29 is 23.8 Å². The number of amides is 1. The molecule has 0 spiro atoms. The summed E-state index contributed by atoms with van der Waals surface area (Å²) in [4.78, 5) is 24.5. The summed E-state index contributed by atoms with van der Waals surface area (Å²) < 4.78 is 16.5. The molecule has 1 N–H and O–H groups in total. The minimum absolute atomic E-state index is 0.170. The molecule has 0 heterocycles. The molecule has 0 radical (unpaired) electrons. The van der Waals surface area contributed by atoms with Gasteiger partial charge in [0.2, 0.25) is 0 Å². The van der Waals surface area contributed by atoms with Gasteiger partial charge in [-0.1, -0.05) is 33.1 Å². The van der Waals surface area contributed by atoms with Gasteiger partial charge in [-0.25, -0.2) is 4.79 Å². The molecule has 1 amide bonds. The van der Waals surface area contributed by atoms with Crippen molar-refractivity contribution in [3.05, 3.63) is 23.8 Å². The van der Waals surface area contributed by atoms with Gasteiger partial charge >= 0.3 is 5.97 Å². The summed E-state index contributed by atoms with van der Waals surface area (Å²) >= 11 is 0. The van der Waals surface area contributed by atoms with Gasteiger partial charge < -0.3 is 19.5 Å². The lowest BCUT2D eigenvalue weighted by Gasteiger charge is -2.29. The van der Waals surface area contributed by atoms with Crippen LogP contribution < -0.4 is 14.8 Å². The molecule has 1 saturated carbocycles. The van der Waals surface area contributed by atoms with Gasteiger partial charge in [-0.15, -0.1) is 0 Å². The SMILES string of the molecule is CCCCOc1ccc(C(=O)OCC(=O)N[C@H]2CCCC[C@H]2C)cc1OCC. The van der Waals surface area contributed by atoms with Gasteiger partial charge in [0, 0.05) is 6.04 Å². The second-order valence-electron chi connectivity index (χ2n) is 7.31. The third-order valence-electron chi connectivity index (χ3n) is 5.03. The molecule has 1 aromatic carbocycles. The molecule has 2 atom stereocenters. The van der Waals surface area contributed by atoms with Crippen molar-refractivity contribution in [2.45, 2.75) is 65.3 Å². The molecular weight excluding hydrogens is 358 g/mol. The van der Waals surface area contributed by atoms with Crippen LogP contribution in [0.1, 0.15) is 69.7 Å². The van der Waals surface area contributed by atoms with Crippen LogP contribution in [0.25, 0.3) is 0 Å². The molecular formula is C22H33NO5. The van der Waals surface area contributed by atoms with Crippen LogP contribution in [0.5, 0.6) is 11.5 Å². The van der Waals surface area contributed by atoms with E-state index >= 15 is 0 Å². The fraction of sp³-hybridized carbons (Fsp3) is 0.636. The largest absolute Gasteiger partial charge is 0.490 e. The molecule has 28 heavy (non-hydrogen) atoms. The Morgan fingerprint density at radius 1 is 1.11 bits per heavy atom. The Kier molecular flexibility index (Phi) is 9.11. The van der Waals surface area contributed by atoms with E-state index < -0.39 is 5.97 Å². The van der Waals surface area contributed by atoms with E-state index in [2.05, 4.69) is 19.2 Å². The Morgan fingerprint density at radius 3 is 2.61 bits per heavy atom. The lowest BCUT2D eigenvalue weighted by molar-refractivity contribution is -0.125. The van der Waals surface area contributed by atoms with Gasteiger partial charge in [0.05, 0.1) is 18.8 Å². The number of carbonyl (C=O) groups excluding carboxylic acids is 2. The molecule has 1 aliphatic rings. The van der Waals surface area contributed by atoms with Crippen LogP contribution in [0.3, 0.4) is 0 Å². The van der Waals surface area contributed by atoms with E-state index in [1.807, 2.05) is 6.92 Å². The van der Waals surface area contributed by atoms with E-state index in [0.29, 0.717) is 36.2 Å². The first kappa shape index (κ1) is 22.1. The van der Waals surface area contributed by atoms with E-state index in [9.17, 15) is 9.59 Å². The second-order valence-corrected chi connectivity index (χ2v) is 7.31. The van der Waals surface area contributed by atoms with E-state index in [1.165, 1.54) is 6.42 Å². The molecule has 0 unspecified atom stereocenters. The summed E-state index contributed by atoms with van der Waals surface area (Å²) in [6.07, 6.45) is 6.43. The first-order valence-corrected chi connectivity index (χ1v) is 10.4. The average Bonchev–Trinajstić information content (AvgIpc) is 2.69. The zero-order valence-corrected chi connectivity index (χ0v) is 17.3. The molecule has 0 aromatic heterocycles. The first-order chi connectivity index (χ1) is 13.5. The highest BCUT2D eigenvalue weighted by atomic mass is 16.5. The first-order valence-electron chi connectivity index (χ1n) is 10.4. The number of unbranched alkanes of at least 4 members (excludes halogenated alkanes) is 1. The Balaban J connectivity index is 1.89. The van der Waals surface area contributed by atoms with Crippen LogP contribution in [0.15, 0.2) is 18.2 Å². The van der Waals surface area contributed by atoms with Crippen molar-refractivity contribution >= 4 is 11.9 Å². The number of rotatable bonds is 10. The smallest absolute Gasteiger partial charge is 0.338 e. The molecule has 0 aliphatic heterocycles. The Morgan fingerprint density at radius 2 is 1.89 bits per heavy atom. The Labute approximate surface area is 167 Å². The third-order valence-corrected chi connectivity index (χ3v) is 5.03. The van der Waals surface area contributed by atoms with Gasteiger partial charge in [0.15, 0.2) is 18.1 Å². The number of ether oxygens (including phenoxy) is 3. The van der Waals surface area contributed by atoms with Crippen LogP contribution in [-0.2, 0) is 9.53 Å². The summed E-state index contributed by atoms with van der Waals surface area (Å²) in [5, 5.41) is 2.98. The lowest BCUT2D eigenvalue weighted by Crippen LogP contribution is -2.42. The Hall–Kier alpha value is -2.24. The van der Waals surface area contributed by atoms with Crippen LogP contribution in [0, 0.1) is 5.92 Å². The number of nitrogens with one attached hydrogen (secondary N) is 1. The molecule has 1 aliphatic carbocycles. The number of esters is 1. The van der Waals surface area contributed by atoms with Crippen LogP contribution in [-0.4, -0.2) is 37.7 Å². The summed E-state index contributed by atoms with van der Waals surface area (Å²) in [5.41, 5.74) is 0.338.